The molecule has 3 nitrogen and oxygen atoms in total. The molecule has 26 heavy (non-hydrogen) atoms. The summed E-state index contributed by atoms with van der Waals surface area (Å²) in [4.78, 5) is 9.01. The van der Waals surface area contributed by atoms with Gasteiger partial charge in [0.1, 0.15) is 5.75 Å². The first-order valence-electron chi connectivity index (χ1n) is 10.3. The van der Waals surface area contributed by atoms with Gasteiger partial charge in [-0.1, -0.05) is 58.3 Å². The van der Waals surface area contributed by atoms with Crippen LogP contribution in [0, 0.1) is 11.8 Å². The van der Waals surface area contributed by atoms with Crippen molar-refractivity contribution in [2.24, 2.45) is 11.8 Å². The Labute approximate surface area is 157 Å². The number of aryl methyl sites for hydroxylation is 1. The van der Waals surface area contributed by atoms with Crippen molar-refractivity contribution in [3.05, 3.63) is 42.2 Å². The molecule has 1 saturated carbocycles. The highest BCUT2D eigenvalue weighted by atomic mass is 16.3. The smallest absolute Gasteiger partial charge is 0.159 e. The number of unbranched alkanes of at least 4 members (excludes halogenated alkanes) is 2. The van der Waals surface area contributed by atoms with Gasteiger partial charge in [0.15, 0.2) is 5.82 Å². The number of aromatic nitrogens is 2. The third-order valence-corrected chi connectivity index (χ3v) is 5.85. The van der Waals surface area contributed by atoms with Crippen LogP contribution >= 0.6 is 0 Å². The van der Waals surface area contributed by atoms with Crippen LogP contribution in [0.25, 0.3) is 11.4 Å². The predicted molar refractivity (Wildman–Crippen MR) is 107 cm³/mol. The molecule has 1 aliphatic rings. The summed E-state index contributed by atoms with van der Waals surface area (Å²) in [5.41, 5.74) is 2.17. The van der Waals surface area contributed by atoms with Gasteiger partial charge in [-0.15, -0.1) is 0 Å². The summed E-state index contributed by atoms with van der Waals surface area (Å²) in [7, 11) is 0. The molecule has 1 aliphatic carbocycles. The zero-order valence-corrected chi connectivity index (χ0v) is 16.0. The monoisotopic (exact) mass is 352 g/mol. The minimum Gasteiger partial charge on any atom is -0.508 e. The fraction of sp³-hybridized carbons (Fsp3) is 0.565. The zero-order chi connectivity index (χ0) is 18.2. The fourth-order valence-corrected chi connectivity index (χ4v) is 4.11. The maximum Gasteiger partial charge on any atom is 0.159 e. The van der Waals surface area contributed by atoms with Crippen LogP contribution in [0.3, 0.4) is 0 Å². The molecule has 0 radical (unpaired) electrons. The first-order chi connectivity index (χ1) is 12.7. The number of hydrogen-bond donors (Lipinski definition) is 1. The van der Waals surface area contributed by atoms with E-state index in [4.69, 9.17) is 0 Å². The first kappa shape index (κ1) is 18.9. The summed E-state index contributed by atoms with van der Waals surface area (Å²) in [5, 5.41) is 9.37. The standard InChI is InChI=1S/C23H32N2O/c1-2-3-4-5-18-6-8-19(9-7-18)10-11-20-16-24-23(25-17-20)21-12-14-22(26)15-13-21/h12-19,26H,2-11H2,1H3. The molecule has 0 amide bonds. The van der Waals surface area contributed by atoms with Crippen LogP contribution in [0.1, 0.15) is 70.3 Å². The number of phenolic OH excluding ortho intramolecular Hbond substituents is 1. The Kier molecular flexibility index (Phi) is 7.04. The fourth-order valence-electron chi connectivity index (χ4n) is 4.11. The summed E-state index contributed by atoms with van der Waals surface area (Å²) in [5.74, 6) is 2.87. The minimum absolute atomic E-state index is 0.269. The van der Waals surface area contributed by atoms with Crippen LogP contribution in [0.5, 0.6) is 5.75 Å². The van der Waals surface area contributed by atoms with Gasteiger partial charge in [0.25, 0.3) is 0 Å². The molecule has 1 fully saturated rings. The molecule has 1 heterocycles. The highest BCUT2D eigenvalue weighted by molar-refractivity contribution is 5.55. The molecule has 0 bridgehead atoms. The highest BCUT2D eigenvalue weighted by Crippen LogP contribution is 2.34. The van der Waals surface area contributed by atoms with Crippen LogP contribution < -0.4 is 0 Å². The van der Waals surface area contributed by atoms with Crippen LogP contribution in [-0.2, 0) is 6.42 Å². The van der Waals surface area contributed by atoms with Gasteiger partial charge in [0.05, 0.1) is 0 Å². The summed E-state index contributed by atoms with van der Waals surface area (Å²) in [6.45, 7) is 2.29. The van der Waals surface area contributed by atoms with E-state index >= 15 is 0 Å². The molecular formula is C23H32N2O. The zero-order valence-electron chi connectivity index (χ0n) is 16.0. The number of rotatable bonds is 8. The van der Waals surface area contributed by atoms with Crippen molar-refractivity contribution in [1.82, 2.24) is 9.97 Å². The van der Waals surface area contributed by atoms with Gasteiger partial charge in [0, 0.05) is 18.0 Å². The second-order valence-corrected chi connectivity index (χ2v) is 7.88. The average molecular weight is 353 g/mol. The third-order valence-electron chi connectivity index (χ3n) is 5.85. The molecule has 0 unspecified atom stereocenters. The quantitative estimate of drug-likeness (QED) is 0.578. The largest absolute Gasteiger partial charge is 0.508 e. The van der Waals surface area contributed by atoms with Crippen molar-refractivity contribution < 1.29 is 5.11 Å². The van der Waals surface area contributed by atoms with E-state index in [9.17, 15) is 5.11 Å². The molecule has 1 aromatic carbocycles. The molecule has 3 heteroatoms. The van der Waals surface area contributed by atoms with Crippen molar-refractivity contribution in [1.29, 1.82) is 0 Å². The molecular weight excluding hydrogens is 320 g/mol. The van der Waals surface area contributed by atoms with Crippen molar-refractivity contribution in [2.75, 3.05) is 0 Å². The van der Waals surface area contributed by atoms with E-state index in [0.29, 0.717) is 0 Å². The lowest BCUT2D eigenvalue weighted by molar-refractivity contribution is 0.249. The Morgan fingerprint density at radius 2 is 1.50 bits per heavy atom. The maximum atomic E-state index is 9.37. The van der Waals surface area contributed by atoms with Gasteiger partial charge in [0.2, 0.25) is 0 Å². The van der Waals surface area contributed by atoms with E-state index in [1.807, 2.05) is 24.5 Å². The molecule has 0 atom stereocenters. The Hall–Kier alpha value is -1.90. The van der Waals surface area contributed by atoms with Gasteiger partial charge in [-0.3, -0.25) is 0 Å². The average Bonchev–Trinajstić information content (AvgIpc) is 2.69. The Morgan fingerprint density at radius 3 is 2.12 bits per heavy atom. The third kappa shape index (κ3) is 5.55. The summed E-state index contributed by atoms with van der Waals surface area (Å²) in [6.07, 6.45) is 17.6. The molecule has 1 N–H and O–H groups in total. The topological polar surface area (TPSA) is 46.0 Å². The van der Waals surface area contributed by atoms with E-state index < -0.39 is 0 Å². The van der Waals surface area contributed by atoms with Gasteiger partial charge >= 0.3 is 0 Å². The van der Waals surface area contributed by atoms with Gasteiger partial charge in [-0.2, -0.15) is 0 Å². The molecule has 140 valence electrons. The van der Waals surface area contributed by atoms with E-state index in [1.165, 1.54) is 63.4 Å². The number of nitrogens with zero attached hydrogens (tertiary/aromatic N) is 2. The molecule has 2 aromatic rings. The predicted octanol–water partition coefficient (Wildman–Crippen LogP) is 6.17. The summed E-state index contributed by atoms with van der Waals surface area (Å²) in [6, 6.07) is 7.04. The van der Waals surface area contributed by atoms with Crippen molar-refractivity contribution in [3.8, 4) is 17.1 Å². The number of phenols is 1. The normalized spacial score (nSPS) is 20.2. The molecule has 3 rings (SSSR count). The van der Waals surface area contributed by atoms with E-state index in [0.717, 1.165) is 29.6 Å². The lowest BCUT2D eigenvalue weighted by atomic mass is 9.78. The second-order valence-electron chi connectivity index (χ2n) is 7.88. The first-order valence-corrected chi connectivity index (χ1v) is 10.3. The Morgan fingerprint density at radius 1 is 0.885 bits per heavy atom. The van der Waals surface area contributed by atoms with Crippen LogP contribution in [0.4, 0.5) is 0 Å². The van der Waals surface area contributed by atoms with Crippen LogP contribution in [-0.4, -0.2) is 15.1 Å². The second kappa shape index (κ2) is 9.70. The summed E-state index contributed by atoms with van der Waals surface area (Å²) >= 11 is 0. The van der Waals surface area contributed by atoms with E-state index in [2.05, 4.69) is 16.9 Å². The SMILES string of the molecule is CCCCCC1CCC(CCc2cnc(-c3ccc(O)cc3)nc2)CC1. The van der Waals surface area contributed by atoms with Crippen molar-refractivity contribution in [3.63, 3.8) is 0 Å². The summed E-state index contributed by atoms with van der Waals surface area (Å²) < 4.78 is 0. The van der Waals surface area contributed by atoms with Crippen LogP contribution in [0.15, 0.2) is 36.7 Å². The Bertz CT molecular complexity index is 643. The van der Waals surface area contributed by atoms with Gasteiger partial charge < -0.3 is 5.11 Å². The van der Waals surface area contributed by atoms with Gasteiger partial charge in [-0.05, 0) is 54.5 Å². The van der Waals surface area contributed by atoms with Gasteiger partial charge in [-0.25, -0.2) is 9.97 Å². The Balaban J connectivity index is 1.42. The van der Waals surface area contributed by atoms with E-state index in [1.54, 1.807) is 12.1 Å². The number of aromatic hydroxyl groups is 1. The molecule has 0 spiro atoms. The van der Waals surface area contributed by atoms with E-state index in [-0.39, 0.29) is 5.75 Å². The molecule has 1 aromatic heterocycles. The lowest BCUT2D eigenvalue weighted by Gasteiger charge is -2.28. The van der Waals surface area contributed by atoms with Crippen molar-refractivity contribution >= 4 is 0 Å². The van der Waals surface area contributed by atoms with Crippen molar-refractivity contribution in [2.45, 2.75) is 71.1 Å². The van der Waals surface area contributed by atoms with Crippen LogP contribution in [0.2, 0.25) is 0 Å². The molecule has 0 aliphatic heterocycles. The highest BCUT2D eigenvalue weighted by Gasteiger charge is 2.20. The number of hydrogen-bond acceptors (Lipinski definition) is 3. The lowest BCUT2D eigenvalue weighted by Crippen LogP contribution is -2.15. The maximum absolute atomic E-state index is 9.37. The number of benzene rings is 1. The minimum atomic E-state index is 0.269. The molecule has 0 saturated heterocycles.